The van der Waals surface area contributed by atoms with Crippen LogP contribution >= 0.6 is 0 Å². The number of benzene rings is 2. The van der Waals surface area contributed by atoms with Crippen molar-refractivity contribution in [1.82, 2.24) is 9.80 Å². The van der Waals surface area contributed by atoms with Gasteiger partial charge in [0.1, 0.15) is 11.4 Å². The highest BCUT2D eigenvalue weighted by Gasteiger charge is 2.31. The van der Waals surface area contributed by atoms with Crippen LogP contribution in [0.2, 0.25) is 0 Å². The summed E-state index contributed by atoms with van der Waals surface area (Å²) in [4.78, 5) is 38.8. The van der Waals surface area contributed by atoms with Crippen molar-refractivity contribution in [2.24, 2.45) is 0 Å². The van der Waals surface area contributed by atoms with E-state index in [0.717, 1.165) is 13.2 Å². The minimum atomic E-state index is -3.24. The second-order valence-corrected chi connectivity index (χ2v) is 6.75. The average molecular weight is 453 g/mol. The number of methoxy groups -OCH3 is 1. The molecule has 0 aromatic heterocycles. The highest BCUT2D eigenvalue weighted by Crippen LogP contribution is 2.36. The largest absolute Gasteiger partial charge is 0.493 e. The van der Waals surface area contributed by atoms with E-state index in [1.54, 1.807) is 0 Å². The highest BCUT2D eigenvalue weighted by atomic mass is 19.3. The van der Waals surface area contributed by atoms with Gasteiger partial charge in [-0.1, -0.05) is 0 Å². The van der Waals surface area contributed by atoms with Crippen molar-refractivity contribution in [2.75, 3.05) is 33.3 Å². The van der Waals surface area contributed by atoms with Crippen LogP contribution < -0.4 is 9.47 Å². The van der Waals surface area contributed by atoms with Crippen molar-refractivity contribution < 1.29 is 37.2 Å². The molecule has 1 heterocycles. The van der Waals surface area contributed by atoms with Gasteiger partial charge in [-0.25, -0.2) is 4.39 Å². The first-order valence-electron chi connectivity index (χ1n) is 9.36. The summed E-state index contributed by atoms with van der Waals surface area (Å²) in [6.07, 6.45) is 0. The number of carbonyl (C=O) groups excluding carboxylic acids is 2. The monoisotopic (exact) mass is 453 g/mol. The Bertz CT molecular complexity index is 1020. The summed E-state index contributed by atoms with van der Waals surface area (Å²) in [6.45, 7) is -2.77. The summed E-state index contributed by atoms with van der Waals surface area (Å²) in [5.74, 6) is -2.35. The van der Waals surface area contributed by atoms with E-state index in [-0.39, 0.29) is 43.4 Å². The van der Waals surface area contributed by atoms with E-state index in [0.29, 0.717) is 11.6 Å². The van der Waals surface area contributed by atoms with Crippen molar-refractivity contribution in [1.29, 1.82) is 0 Å². The number of halogens is 3. The van der Waals surface area contributed by atoms with Crippen LogP contribution in [0.5, 0.6) is 11.5 Å². The number of hydrogen-bond acceptors (Lipinski definition) is 6. The Kier molecular flexibility index (Phi) is 6.81. The molecule has 12 heteroatoms. The summed E-state index contributed by atoms with van der Waals surface area (Å²) in [5.41, 5.74) is -0.774. The maximum absolute atomic E-state index is 13.1. The molecule has 0 saturated carbocycles. The number of rotatable bonds is 6. The number of nitro benzene ring substituents is 1. The first-order valence-corrected chi connectivity index (χ1v) is 9.36. The van der Waals surface area contributed by atoms with Gasteiger partial charge in [-0.3, -0.25) is 19.7 Å². The van der Waals surface area contributed by atoms with Crippen molar-refractivity contribution in [3.63, 3.8) is 0 Å². The van der Waals surface area contributed by atoms with E-state index in [1.807, 2.05) is 0 Å². The first kappa shape index (κ1) is 22.8. The Morgan fingerprint density at radius 1 is 1.00 bits per heavy atom. The van der Waals surface area contributed by atoms with Gasteiger partial charge in [-0.2, -0.15) is 8.78 Å². The maximum atomic E-state index is 13.1. The average Bonchev–Trinajstić information content (AvgIpc) is 2.78. The van der Waals surface area contributed by atoms with E-state index in [4.69, 9.17) is 4.74 Å². The lowest BCUT2D eigenvalue weighted by molar-refractivity contribution is -0.385. The molecule has 1 fully saturated rings. The van der Waals surface area contributed by atoms with Crippen LogP contribution in [0.3, 0.4) is 0 Å². The van der Waals surface area contributed by atoms with Crippen LogP contribution in [-0.2, 0) is 0 Å². The molecule has 0 aliphatic carbocycles. The number of alkyl halides is 2. The predicted molar refractivity (Wildman–Crippen MR) is 104 cm³/mol. The number of ether oxygens (including phenoxy) is 2. The SMILES string of the molecule is COc1cc(C(=O)N2CCN(C(=O)c3ccc(F)cc3)CC2)c([N+](=O)[O-])cc1OC(F)F. The fourth-order valence-corrected chi connectivity index (χ4v) is 3.28. The van der Waals surface area contributed by atoms with Gasteiger partial charge >= 0.3 is 6.61 Å². The zero-order valence-corrected chi connectivity index (χ0v) is 16.8. The molecule has 0 bridgehead atoms. The van der Waals surface area contributed by atoms with E-state index in [1.165, 1.54) is 34.1 Å². The number of piperazine rings is 1. The number of nitro groups is 1. The van der Waals surface area contributed by atoms with Gasteiger partial charge in [0, 0.05) is 37.8 Å². The quantitative estimate of drug-likeness (QED) is 0.492. The smallest absolute Gasteiger partial charge is 0.387 e. The second kappa shape index (κ2) is 9.54. The number of carbonyl (C=O) groups is 2. The molecule has 0 spiro atoms. The van der Waals surface area contributed by atoms with Crippen molar-refractivity contribution in [3.05, 3.63) is 63.5 Å². The standard InChI is InChI=1S/C20H18F3N3O6/c1-31-16-10-14(15(26(29)30)11-17(16)32-20(22)23)19(28)25-8-6-24(7-9-25)18(27)12-2-4-13(21)5-3-12/h2-5,10-11,20H,6-9H2,1H3. The lowest BCUT2D eigenvalue weighted by Crippen LogP contribution is -2.50. The molecule has 1 aliphatic rings. The summed E-state index contributed by atoms with van der Waals surface area (Å²) in [6, 6.07) is 6.74. The molecule has 0 N–H and O–H groups in total. The molecule has 0 unspecified atom stereocenters. The van der Waals surface area contributed by atoms with Gasteiger partial charge in [0.2, 0.25) is 0 Å². The van der Waals surface area contributed by atoms with E-state index in [9.17, 15) is 32.9 Å². The Labute approximate surface area is 180 Å². The molecule has 3 rings (SSSR count). The van der Waals surface area contributed by atoms with Crippen LogP contribution in [-0.4, -0.2) is 66.4 Å². The molecule has 0 atom stereocenters. The molecule has 1 saturated heterocycles. The van der Waals surface area contributed by atoms with Gasteiger partial charge in [-0.15, -0.1) is 0 Å². The van der Waals surface area contributed by atoms with Crippen molar-refractivity contribution in [2.45, 2.75) is 6.61 Å². The van der Waals surface area contributed by atoms with E-state index in [2.05, 4.69) is 4.74 Å². The molecule has 1 aliphatic heterocycles. The molecule has 0 radical (unpaired) electrons. The zero-order valence-electron chi connectivity index (χ0n) is 16.8. The molecule has 2 amide bonds. The van der Waals surface area contributed by atoms with Crippen LogP contribution in [0.15, 0.2) is 36.4 Å². The topological polar surface area (TPSA) is 102 Å². The van der Waals surface area contributed by atoms with E-state index < -0.39 is 34.7 Å². The van der Waals surface area contributed by atoms with Gasteiger partial charge in [-0.05, 0) is 24.3 Å². The Balaban J connectivity index is 1.77. The third kappa shape index (κ3) is 4.90. The number of hydrogen-bond donors (Lipinski definition) is 0. The van der Waals surface area contributed by atoms with Gasteiger partial charge in [0.15, 0.2) is 11.5 Å². The third-order valence-electron chi connectivity index (χ3n) is 4.87. The minimum absolute atomic E-state index is 0.0839. The molecule has 32 heavy (non-hydrogen) atoms. The van der Waals surface area contributed by atoms with Crippen molar-refractivity contribution >= 4 is 17.5 Å². The fourth-order valence-electron chi connectivity index (χ4n) is 3.28. The fraction of sp³-hybridized carbons (Fsp3) is 0.300. The normalized spacial score (nSPS) is 13.8. The lowest BCUT2D eigenvalue weighted by atomic mass is 10.1. The van der Waals surface area contributed by atoms with Crippen LogP contribution in [0.1, 0.15) is 20.7 Å². The zero-order chi connectivity index (χ0) is 23.4. The number of amides is 2. The van der Waals surface area contributed by atoms with E-state index >= 15 is 0 Å². The second-order valence-electron chi connectivity index (χ2n) is 6.75. The first-order chi connectivity index (χ1) is 15.2. The predicted octanol–water partition coefficient (Wildman–Crippen LogP) is 2.94. The summed E-state index contributed by atoms with van der Waals surface area (Å²) in [5, 5.41) is 11.4. The lowest BCUT2D eigenvalue weighted by Gasteiger charge is -2.34. The van der Waals surface area contributed by atoms with Crippen molar-refractivity contribution in [3.8, 4) is 11.5 Å². The Morgan fingerprint density at radius 3 is 2.06 bits per heavy atom. The molecular weight excluding hydrogens is 435 g/mol. The third-order valence-corrected chi connectivity index (χ3v) is 4.87. The molecule has 9 nitrogen and oxygen atoms in total. The van der Waals surface area contributed by atoms with Crippen LogP contribution in [0.25, 0.3) is 0 Å². The highest BCUT2D eigenvalue weighted by molar-refractivity contribution is 5.99. The number of nitrogens with zero attached hydrogens (tertiary/aromatic N) is 3. The van der Waals surface area contributed by atoms with Crippen LogP contribution in [0, 0.1) is 15.9 Å². The Morgan fingerprint density at radius 2 is 1.56 bits per heavy atom. The van der Waals surface area contributed by atoms with Gasteiger partial charge in [0.05, 0.1) is 18.1 Å². The summed E-state index contributed by atoms with van der Waals surface area (Å²) < 4.78 is 47.4. The molecule has 170 valence electrons. The summed E-state index contributed by atoms with van der Waals surface area (Å²) >= 11 is 0. The van der Waals surface area contributed by atoms with Gasteiger partial charge in [0.25, 0.3) is 17.5 Å². The maximum Gasteiger partial charge on any atom is 0.387 e. The molecule has 2 aromatic carbocycles. The summed E-state index contributed by atoms with van der Waals surface area (Å²) in [7, 11) is 1.15. The Hall–Kier alpha value is -3.83. The van der Waals surface area contributed by atoms with Crippen LogP contribution in [0.4, 0.5) is 18.9 Å². The molecule has 2 aromatic rings. The minimum Gasteiger partial charge on any atom is -0.493 e. The molecular formula is C20H18F3N3O6. The van der Waals surface area contributed by atoms with Gasteiger partial charge < -0.3 is 19.3 Å².